The fourth-order valence-corrected chi connectivity index (χ4v) is 2.24. The number of benzene rings is 2. The average Bonchev–Trinajstić information content (AvgIpc) is 3.03. The highest BCUT2D eigenvalue weighted by Crippen LogP contribution is 2.11. The normalized spacial score (nSPS) is 11.0. The first-order valence-electron chi connectivity index (χ1n) is 7.48. The number of hydrogen-bond donors (Lipinski definition) is 1. The fraction of sp³-hybridized carbons (Fsp3) is 0.125. The summed E-state index contributed by atoms with van der Waals surface area (Å²) in [6, 6.07) is 13.5. The van der Waals surface area contributed by atoms with Crippen molar-refractivity contribution < 1.29 is 9.72 Å². The zero-order valence-corrected chi connectivity index (χ0v) is 13.1. The van der Waals surface area contributed by atoms with Crippen LogP contribution >= 0.6 is 0 Å². The first-order valence-corrected chi connectivity index (χ1v) is 7.48. The molecule has 9 heteroatoms. The van der Waals surface area contributed by atoms with Crippen molar-refractivity contribution in [1.82, 2.24) is 20.4 Å². The maximum Gasteiger partial charge on any atom is 0.270 e. The minimum absolute atomic E-state index is 0.0339. The van der Waals surface area contributed by atoms with Gasteiger partial charge < -0.3 is 0 Å². The van der Waals surface area contributed by atoms with Crippen LogP contribution in [0.1, 0.15) is 12.0 Å². The molecule has 0 bridgehead atoms. The number of carbonyl (C=O) groups is 1. The molecule has 3 rings (SSSR count). The monoisotopic (exact) mass is 338 g/mol. The lowest BCUT2D eigenvalue weighted by atomic mass is 10.2. The molecule has 1 N–H and O–H groups in total. The Hall–Kier alpha value is -3.62. The maximum atomic E-state index is 11.8. The Morgan fingerprint density at radius 2 is 2.12 bits per heavy atom. The molecule has 9 nitrogen and oxygen atoms in total. The number of hydrazone groups is 1. The van der Waals surface area contributed by atoms with Crippen molar-refractivity contribution in [3.63, 3.8) is 0 Å². The summed E-state index contributed by atoms with van der Waals surface area (Å²) < 4.78 is 1.65. The summed E-state index contributed by atoms with van der Waals surface area (Å²) in [7, 11) is 0. The number of aryl methyl sites for hydroxylation is 1. The molecule has 0 atom stereocenters. The second kappa shape index (κ2) is 7.30. The molecule has 1 aromatic heterocycles. The summed E-state index contributed by atoms with van der Waals surface area (Å²) in [4.78, 5) is 22.1. The second-order valence-corrected chi connectivity index (χ2v) is 5.20. The number of nitro groups is 1. The zero-order valence-electron chi connectivity index (χ0n) is 13.1. The lowest BCUT2D eigenvalue weighted by molar-refractivity contribution is -0.384. The lowest BCUT2D eigenvalue weighted by Gasteiger charge is -2.01. The Bertz CT molecular complexity index is 950. The van der Waals surface area contributed by atoms with E-state index in [1.54, 1.807) is 16.8 Å². The number of nitro benzene ring substituents is 1. The van der Waals surface area contributed by atoms with Crippen molar-refractivity contribution in [2.24, 2.45) is 5.10 Å². The van der Waals surface area contributed by atoms with Gasteiger partial charge in [-0.25, -0.2) is 10.1 Å². The van der Waals surface area contributed by atoms with Crippen LogP contribution in [0, 0.1) is 10.1 Å². The van der Waals surface area contributed by atoms with E-state index in [-0.39, 0.29) is 18.0 Å². The van der Waals surface area contributed by atoms with Crippen LogP contribution in [-0.2, 0) is 11.3 Å². The Balaban J connectivity index is 1.54. The molecule has 0 aliphatic rings. The van der Waals surface area contributed by atoms with Crippen LogP contribution in [-0.4, -0.2) is 32.0 Å². The van der Waals surface area contributed by atoms with Gasteiger partial charge in [-0.15, -0.1) is 5.10 Å². The van der Waals surface area contributed by atoms with Crippen LogP contribution in [0.5, 0.6) is 0 Å². The molecule has 0 fully saturated rings. The third kappa shape index (κ3) is 4.02. The Morgan fingerprint density at radius 3 is 2.96 bits per heavy atom. The van der Waals surface area contributed by atoms with E-state index < -0.39 is 4.92 Å². The summed E-state index contributed by atoms with van der Waals surface area (Å²) in [6.45, 7) is 0.374. The third-order valence-corrected chi connectivity index (χ3v) is 3.45. The number of amides is 1. The topological polar surface area (TPSA) is 115 Å². The first kappa shape index (κ1) is 16.2. The highest BCUT2D eigenvalue weighted by molar-refractivity contribution is 5.83. The van der Waals surface area contributed by atoms with E-state index in [0.717, 1.165) is 11.0 Å². The Labute approximate surface area is 142 Å². The number of fused-ring (bicyclic) bond motifs is 1. The van der Waals surface area contributed by atoms with E-state index in [1.165, 1.54) is 18.3 Å². The molecule has 2 aromatic carbocycles. The van der Waals surface area contributed by atoms with E-state index in [9.17, 15) is 14.9 Å². The molecule has 0 aliphatic heterocycles. The molecule has 3 aromatic rings. The van der Waals surface area contributed by atoms with Crippen molar-refractivity contribution in [3.8, 4) is 0 Å². The second-order valence-electron chi connectivity index (χ2n) is 5.20. The number of para-hydroxylation sites is 1. The molecule has 25 heavy (non-hydrogen) atoms. The number of non-ortho nitro benzene ring substituents is 1. The maximum absolute atomic E-state index is 11.8. The van der Waals surface area contributed by atoms with Gasteiger partial charge in [-0.1, -0.05) is 29.5 Å². The van der Waals surface area contributed by atoms with Gasteiger partial charge in [0.1, 0.15) is 5.52 Å². The highest BCUT2D eigenvalue weighted by atomic mass is 16.6. The standard InChI is InChI=1S/C16H14N6O3/c23-16(8-9-21-15-7-2-1-6-14(15)18-20-21)19-17-11-12-4-3-5-13(10-12)22(24)25/h1-7,10-11H,8-9H2,(H,19,23)/b17-11-. The summed E-state index contributed by atoms with van der Waals surface area (Å²) in [5.41, 5.74) is 4.51. The molecule has 0 unspecified atom stereocenters. The highest BCUT2D eigenvalue weighted by Gasteiger charge is 2.06. The number of hydrogen-bond acceptors (Lipinski definition) is 6. The van der Waals surface area contributed by atoms with Crippen LogP contribution in [0.15, 0.2) is 53.6 Å². The van der Waals surface area contributed by atoms with E-state index >= 15 is 0 Å². The first-order chi connectivity index (χ1) is 12.1. The van der Waals surface area contributed by atoms with Gasteiger partial charge in [0.2, 0.25) is 5.91 Å². The van der Waals surface area contributed by atoms with Crippen LogP contribution < -0.4 is 5.43 Å². The number of rotatable bonds is 6. The molecule has 0 spiro atoms. The minimum atomic E-state index is -0.488. The lowest BCUT2D eigenvalue weighted by Crippen LogP contribution is -2.19. The third-order valence-electron chi connectivity index (χ3n) is 3.45. The minimum Gasteiger partial charge on any atom is -0.273 e. The van der Waals surface area contributed by atoms with Gasteiger partial charge in [-0.3, -0.25) is 14.9 Å². The van der Waals surface area contributed by atoms with Crippen molar-refractivity contribution in [2.45, 2.75) is 13.0 Å². The van der Waals surface area contributed by atoms with Gasteiger partial charge in [0.15, 0.2) is 0 Å². The van der Waals surface area contributed by atoms with Crippen molar-refractivity contribution in [2.75, 3.05) is 0 Å². The van der Waals surface area contributed by atoms with Crippen molar-refractivity contribution in [3.05, 3.63) is 64.2 Å². The van der Waals surface area contributed by atoms with Crippen LogP contribution in [0.3, 0.4) is 0 Å². The van der Waals surface area contributed by atoms with Crippen molar-refractivity contribution >= 4 is 28.8 Å². The van der Waals surface area contributed by atoms with Gasteiger partial charge in [-0.05, 0) is 12.1 Å². The van der Waals surface area contributed by atoms with E-state index in [4.69, 9.17) is 0 Å². The van der Waals surface area contributed by atoms with Crippen LogP contribution in [0.4, 0.5) is 5.69 Å². The fourth-order valence-electron chi connectivity index (χ4n) is 2.24. The van der Waals surface area contributed by atoms with E-state index in [1.807, 2.05) is 24.3 Å². The SMILES string of the molecule is O=C(CCn1nnc2ccccc21)N/N=C\c1cccc([N+](=O)[O-])c1. The predicted molar refractivity (Wildman–Crippen MR) is 91.0 cm³/mol. The largest absolute Gasteiger partial charge is 0.273 e. The number of aromatic nitrogens is 3. The number of nitrogens with zero attached hydrogens (tertiary/aromatic N) is 5. The zero-order chi connectivity index (χ0) is 17.6. The molecular formula is C16H14N6O3. The van der Waals surface area contributed by atoms with Gasteiger partial charge in [0.25, 0.3) is 5.69 Å². The number of carbonyl (C=O) groups excluding carboxylic acids is 1. The Morgan fingerprint density at radius 1 is 1.28 bits per heavy atom. The van der Waals surface area contributed by atoms with Gasteiger partial charge >= 0.3 is 0 Å². The predicted octanol–water partition coefficient (Wildman–Crippen LogP) is 1.88. The molecule has 0 radical (unpaired) electrons. The molecule has 0 saturated carbocycles. The molecule has 1 heterocycles. The van der Waals surface area contributed by atoms with Gasteiger partial charge in [-0.2, -0.15) is 5.10 Å². The molecule has 0 aliphatic carbocycles. The summed E-state index contributed by atoms with van der Waals surface area (Å²) >= 11 is 0. The Kier molecular flexibility index (Phi) is 4.74. The van der Waals surface area contributed by atoms with Gasteiger partial charge in [0, 0.05) is 24.1 Å². The molecular weight excluding hydrogens is 324 g/mol. The summed E-state index contributed by atoms with van der Waals surface area (Å²) in [5.74, 6) is -0.290. The average molecular weight is 338 g/mol. The van der Waals surface area contributed by atoms with E-state index in [2.05, 4.69) is 20.8 Å². The van der Waals surface area contributed by atoms with Crippen molar-refractivity contribution in [1.29, 1.82) is 0 Å². The van der Waals surface area contributed by atoms with Crippen LogP contribution in [0.2, 0.25) is 0 Å². The molecule has 1 amide bonds. The number of nitrogens with one attached hydrogen (secondary N) is 1. The van der Waals surface area contributed by atoms with E-state index in [0.29, 0.717) is 12.1 Å². The summed E-state index contributed by atoms with van der Waals surface area (Å²) in [6.07, 6.45) is 1.54. The smallest absolute Gasteiger partial charge is 0.270 e. The van der Waals surface area contributed by atoms with Crippen LogP contribution in [0.25, 0.3) is 11.0 Å². The molecule has 0 saturated heterocycles. The summed E-state index contributed by atoms with van der Waals surface area (Å²) in [5, 5.41) is 22.5. The quantitative estimate of drug-likeness (QED) is 0.418. The molecule has 126 valence electrons. The van der Waals surface area contributed by atoms with Gasteiger partial charge in [0.05, 0.1) is 23.2 Å².